The number of nitrogens with zero attached hydrogens (tertiary/aromatic N) is 4. The first-order valence-corrected chi connectivity index (χ1v) is 4.55. The van der Waals surface area contributed by atoms with Crippen molar-refractivity contribution >= 4 is 11.8 Å². The fraction of sp³-hybridized carbons (Fsp3) is 0.571. The summed E-state index contributed by atoms with van der Waals surface area (Å²) in [6.45, 7) is -0.621. The first-order valence-electron chi connectivity index (χ1n) is 4.55. The zero-order valence-electron chi connectivity index (χ0n) is 8.76. The highest BCUT2D eigenvalue weighted by molar-refractivity contribution is 5.85. The van der Waals surface area contributed by atoms with Gasteiger partial charge in [0.2, 0.25) is 0 Å². The zero-order chi connectivity index (χ0) is 13.9. The molecule has 0 spiro atoms. The van der Waals surface area contributed by atoms with Crippen molar-refractivity contribution in [3.63, 3.8) is 0 Å². The normalized spacial score (nSPS) is 13.3. The van der Waals surface area contributed by atoms with E-state index in [0.29, 0.717) is 4.80 Å². The van der Waals surface area contributed by atoms with E-state index in [4.69, 9.17) is 10.8 Å². The molecule has 18 heavy (non-hydrogen) atoms. The maximum atomic E-state index is 12.1. The van der Waals surface area contributed by atoms with Crippen LogP contribution in [0.4, 0.5) is 13.2 Å². The Labute approximate surface area is 97.6 Å². The Balaban J connectivity index is 2.60. The molecule has 0 saturated carbocycles. The number of ketones is 1. The van der Waals surface area contributed by atoms with E-state index in [9.17, 15) is 22.8 Å². The molecule has 100 valence electrons. The van der Waals surface area contributed by atoms with Gasteiger partial charge in [-0.25, -0.2) is 0 Å². The molecule has 11 heteroatoms. The average Bonchev–Trinajstić information content (AvgIpc) is 2.64. The van der Waals surface area contributed by atoms with Crippen molar-refractivity contribution in [2.75, 3.05) is 0 Å². The van der Waals surface area contributed by atoms with Crippen LogP contribution < -0.4 is 5.73 Å². The number of carboxylic acid groups (broad SMARTS) is 1. The summed E-state index contributed by atoms with van der Waals surface area (Å²) in [5, 5.41) is 17.1. The Hall–Kier alpha value is -2.04. The largest absolute Gasteiger partial charge is 0.480 e. The van der Waals surface area contributed by atoms with Crippen LogP contribution in [0.25, 0.3) is 0 Å². The van der Waals surface area contributed by atoms with Crippen LogP contribution in [0.15, 0.2) is 0 Å². The number of rotatable bonds is 5. The number of hydrogen-bond donors (Lipinski definition) is 2. The van der Waals surface area contributed by atoms with Crippen LogP contribution in [0.3, 0.4) is 0 Å². The number of aliphatic carboxylic acids is 1. The van der Waals surface area contributed by atoms with E-state index in [2.05, 4.69) is 15.4 Å². The van der Waals surface area contributed by atoms with Gasteiger partial charge >= 0.3 is 12.1 Å². The van der Waals surface area contributed by atoms with Crippen molar-refractivity contribution in [1.29, 1.82) is 0 Å². The predicted molar refractivity (Wildman–Crippen MR) is 48.1 cm³/mol. The molecule has 0 bridgehead atoms. The third-order valence-corrected chi connectivity index (χ3v) is 1.79. The topological polar surface area (TPSA) is 124 Å². The lowest BCUT2D eigenvalue weighted by Crippen LogP contribution is -2.33. The second-order valence-corrected chi connectivity index (χ2v) is 3.33. The van der Waals surface area contributed by atoms with Gasteiger partial charge in [-0.1, -0.05) is 0 Å². The molecule has 0 aliphatic heterocycles. The number of aromatic nitrogens is 4. The minimum atomic E-state index is -4.75. The van der Waals surface area contributed by atoms with Crippen LogP contribution in [0.1, 0.15) is 12.2 Å². The Morgan fingerprint density at radius 2 is 2.06 bits per heavy atom. The molecule has 8 nitrogen and oxygen atoms in total. The van der Waals surface area contributed by atoms with Crippen molar-refractivity contribution in [2.24, 2.45) is 5.73 Å². The van der Waals surface area contributed by atoms with Crippen molar-refractivity contribution in [2.45, 2.75) is 25.2 Å². The molecule has 1 atom stereocenters. The van der Waals surface area contributed by atoms with E-state index >= 15 is 0 Å². The molecule has 0 aliphatic rings. The van der Waals surface area contributed by atoms with Gasteiger partial charge in [-0.05, 0) is 5.21 Å². The average molecular weight is 267 g/mol. The number of carbonyl (C=O) groups excluding carboxylic acids is 1. The van der Waals surface area contributed by atoms with Gasteiger partial charge in [-0.3, -0.25) is 9.59 Å². The van der Waals surface area contributed by atoms with E-state index in [0.717, 1.165) is 0 Å². The minimum absolute atomic E-state index is 0.430. The molecule has 1 rings (SSSR count). The molecule has 0 saturated heterocycles. The number of hydrogen-bond acceptors (Lipinski definition) is 6. The van der Waals surface area contributed by atoms with E-state index in [1.807, 2.05) is 0 Å². The van der Waals surface area contributed by atoms with Crippen LogP contribution in [0, 0.1) is 0 Å². The molecule has 1 unspecified atom stereocenters. The highest BCUT2D eigenvalue weighted by atomic mass is 19.4. The highest BCUT2D eigenvalue weighted by Crippen LogP contribution is 2.24. The highest BCUT2D eigenvalue weighted by Gasteiger charge is 2.36. The van der Waals surface area contributed by atoms with Gasteiger partial charge < -0.3 is 10.8 Å². The number of Topliss-reactive ketones (excluding diaryl/α,β-unsaturated/α-hetero) is 1. The Bertz CT molecular complexity index is 457. The van der Waals surface area contributed by atoms with Crippen LogP contribution in [0.2, 0.25) is 0 Å². The van der Waals surface area contributed by atoms with Gasteiger partial charge in [-0.15, -0.1) is 10.2 Å². The predicted octanol–water partition coefficient (Wildman–Crippen LogP) is -0.937. The summed E-state index contributed by atoms with van der Waals surface area (Å²) in [5.41, 5.74) is 5.08. The van der Waals surface area contributed by atoms with Gasteiger partial charge in [0.05, 0.1) is 0 Å². The van der Waals surface area contributed by atoms with E-state index in [-0.39, 0.29) is 0 Å². The maximum absolute atomic E-state index is 12.1. The molecule has 0 aliphatic carbocycles. The minimum Gasteiger partial charge on any atom is -0.480 e. The summed E-state index contributed by atoms with van der Waals surface area (Å²) in [4.78, 5) is 22.0. The van der Waals surface area contributed by atoms with E-state index in [1.54, 1.807) is 0 Å². The summed E-state index contributed by atoms with van der Waals surface area (Å²) >= 11 is 0. The molecule has 3 N–H and O–H groups in total. The van der Waals surface area contributed by atoms with Crippen molar-refractivity contribution < 1.29 is 27.9 Å². The number of carboxylic acids is 1. The summed E-state index contributed by atoms with van der Waals surface area (Å²) in [7, 11) is 0. The zero-order valence-corrected chi connectivity index (χ0v) is 8.76. The quantitative estimate of drug-likeness (QED) is 0.705. The lowest BCUT2D eigenvalue weighted by atomic mass is 10.1. The lowest BCUT2D eigenvalue weighted by molar-refractivity contribution is -0.145. The van der Waals surface area contributed by atoms with E-state index < -0.39 is 42.8 Å². The molecule has 1 aromatic heterocycles. The van der Waals surface area contributed by atoms with Gasteiger partial charge in [0.15, 0.2) is 5.78 Å². The molecule has 0 fully saturated rings. The van der Waals surface area contributed by atoms with E-state index in [1.165, 1.54) is 0 Å². The smallest absolute Gasteiger partial charge is 0.455 e. The molecule has 0 aromatic carbocycles. The molecular formula is C7H8F3N5O3. The van der Waals surface area contributed by atoms with Gasteiger partial charge in [0.25, 0.3) is 5.82 Å². The number of nitrogens with two attached hydrogens (primary N) is 1. The van der Waals surface area contributed by atoms with Crippen molar-refractivity contribution in [1.82, 2.24) is 20.2 Å². The Morgan fingerprint density at radius 3 is 2.50 bits per heavy atom. The second kappa shape index (κ2) is 5.08. The first kappa shape index (κ1) is 14.0. The van der Waals surface area contributed by atoms with Gasteiger partial charge in [0, 0.05) is 6.42 Å². The van der Waals surface area contributed by atoms with Crippen molar-refractivity contribution in [3.8, 4) is 0 Å². The molecular weight excluding hydrogens is 259 g/mol. The van der Waals surface area contributed by atoms with Crippen LogP contribution in [-0.4, -0.2) is 43.1 Å². The maximum Gasteiger partial charge on any atom is 0.455 e. The standard InChI is InChI=1S/C7H8F3N5O3/c8-7(9,10)6-12-14-15(13-6)2-3(16)1-4(11)5(17)18/h4H,1-2,11H2,(H,17,18). The van der Waals surface area contributed by atoms with Crippen LogP contribution in [-0.2, 0) is 22.3 Å². The number of tetrazole rings is 1. The Morgan fingerprint density at radius 1 is 1.44 bits per heavy atom. The summed E-state index contributed by atoms with van der Waals surface area (Å²) < 4.78 is 36.3. The summed E-state index contributed by atoms with van der Waals surface area (Å²) in [5.74, 6) is -3.57. The first-order chi connectivity index (χ1) is 8.20. The number of halogens is 3. The lowest BCUT2D eigenvalue weighted by Gasteiger charge is -2.04. The third-order valence-electron chi connectivity index (χ3n) is 1.79. The van der Waals surface area contributed by atoms with Gasteiger partial charge in [0.1, 0.15) is 12.6 Å². The molecule has 1 aromatic rings. The SMILES string of the molecule is NC(CC(=O)Cn1nnc(C(F)(F)F)n1)C(=O)O. The molecule has 0 radical (unpaired) electrons. The summed E-state index contributed by atoms with van der Waals surface area (Å²) in [6.07, 6.45) is -5.28. The van der Waals surface area contributed by atoms with Gasteiger partial charge in [-0.2, -0.15) is 18.0 Å². The van der Waals surface area contributed by atoms with Crippen LogP contribution >= 0.6 is 0 Å². The number of alkyl halides is 3. The van der Waals surface area contributed by atoms with Crippen LogP contribution in [0.5, 0.6) is 0 Å². The second-order valence-electron chi connectivity index (χ2n) is 3.33. The monoisotopic (exact) mass is 267 g/mol. The number of carbonyl (C=O) groups is 2. The third kappa shape index (κ3) is 3.76. The summed E-state index contributed by atoms with van der Waals surface area (Å²) in [6, 6.07) is -1.41. The van der Waals surface area contributed by atoms with Crippen molar-refractivity contribution in [3.05, 3.63) is 5.82 Å². The fourth-order valence-electron chi connectivity index (χ4n) is 0.979. The molecule has 1 heterocycles. The Kier molecular flexibility index (Phi) is 3.96. The fourth-order valence-corrected chi connectivity index (χ4v) is 0.979. The molecule has 0 amide bonds.